The molecule has 4 heteroatoms. The molecule has 0 saturated carbocycles. The van der Waals surface area contributed by atoms with Crippen molar-refractivity contribution in [3.05, 3.63) is 59.2 Å². The molecule has 108 valence electrons. The van der Waals surface area contributed by atoms with Crippen LogP contribution in [-0.2, 0) is 6.54 Å². The van der Waals surface area contributed by atoms with Gasteiger partial charge >= 0.3 is 0 Å². The first-order valence-electron chi connectivity index (χ1n) is 6.90. The Labute approximate surface area is 129 Å². The summed E-state index contributed by atoms with van der Waals surface area (Å²) in [7, 11) is 4.05. The van der Waals surface area contributed by atoms with Crippen molar-refractivity contribution in [2.45, 2.75) is 6.54 Å². The maximum absolute atomic E-state index is 6.10. The van der Waals surface area contributed by atoms with Crippen LogP contribution in [0.25, 0.3) is 10.9 Å². The van der Waals surface area contributed by atoms with E-state index in [-0.39, 0.29) is 0 Å². The molecule has 3 nitrogen and oxygen atoms in total. The lowest BCUT2D eigenvalue weighted by Gasteiger charge is -2.19. The lowest BCUT2D eigenvalue weighted by molar-refractivity contribution is 1.10. The van der Waals surface area contributed by atoms with Crippen LogP contribution < -0.4 is 10.2 Å². The Balaban J connectivity index is 1.82. The number of H-pyrrole nitrogens is 1. The van der Waals surface area contributed by atoms with E-state index in [1.807, 2.05) is 38.5 Å². The topological polar surface area (TPSA) is 31.1 Å². The Morgan fingerprint density at radius 1 is 1.10 bits per heavy atom. The van der Waals surface area contributed by atoms with Crippen molar-refractivity contribution >= 4 is 33.9 Å². The number of halogens is 1. The van der Waals surface area contributed by atoms with E-state index >= 15 is 0 Å². The second kappa shape index (κ2) is 5.70. The largest absolute Gasteiger partial charge is 0.379 e. The molecule has 0 amide bonds. The third-order valence-corrected chi connectivity index (χ3v) is 3.78. The van der Waals surface area contributed by atoms with Gasteiger partial charge in [-0.3, -0.25) is 0 Å². The predicted octanol–water partition coefficient (Wildman–Crippen LogP) is 4.50. The fourth-order valence-electron chi connectivity index (χ4n) is 2.44. The molecular weight excluding hydrogens is 282 g/mol. The van der Waals surface area contributed by atoms with Gasteiger partial charge in [0, 0.05) is 37.4 Å². The molecule has 0 aliphatic heterocycles. The summed E-state index contributed by atoms with van der Waals surface area (Å²) in [4.78, 5) is 5.32. The van der Waals surface area contributed by atoms with E-state index in [0.717, 1.165) is 28.5 Å². The van der Waals surface area contributed by atoms with E-state index in [1.54, 1.807) is 0 Å². The van der Waals surface area contributed by atoms with Gasteiger partial charge in [0.25, 0.3) is 0 Å². The van der Waals surface area contributed by atoms with Crippen molar-refractivity contribution in [3.63, 3.8) is 0 Å². The monoisotopic (exact) mass is 299 g/mol. The molecule has 0 aliphatic carbocycles. The third-order valence-electron chi connectivity index (χ3n) is 3.54. The molecule has 0 spiro atoms. The van der Waals surface area contributed by atoms with Crippen LogP contribution in [0.5, 0.6) is 0 Å². The Bertz CT molecular complexity index is 762. The number of hydrogen-bond donors (Lipinski definition) is 2. The molecule has 3 aromatic rings. The molecule has 0 unspecified atom stereocenters. The summed E-state index contributed by atoms with van der Waals surface area (Å²) in [5.41, 5.74) is 4.56. The van der Waals surface area contributed by atoms with E-state index in [0.29, 0.717) is 0 Å². The Kier molecular flexibility index (Phi) is 3.76. The van der Waals surface area contributed by atoms with Crippen LogP contribution in [0.1, 0.15) is 5.56 Å². The van der Waals surface area contributed by atoms with Crippen LogP contribution in [-0.4, -0.2) is 19.1 Å². The highest BCUT2D eigenvalue weighted by Crippen LogP contribution is 2.28. The minimum atomic E-state index is 0.739. The van der Waals surface area contributed by atoms with Gasteiger partial charge in [-0.15, -0.1) is 0 Å². The van der Waals surface area contributed by atoms with Gasteiger partial charge in [0.15, 0.2) is 0 Å². The summed E-state index contributed by atoms with van der Waals surface area (Å²) < 4.78 is 0. The van der Waals surface area contributed by atoms with Crippen LogP contribution in [0, 0.1) is 0 Å². The average molecular weight is 300 g/mol. The van der Waals surface area contributed by atoms with Crippen molar-refractivity contribution in [2.75, 3.05) is 24.3 Å². The van der Waals surface area contributed by atoms with Crippen molar-refractivity contribution in [1.82, 2.24) is 4.98 Å². The molecule has 2 aromatic carbocycles. The summed E-state index contributed by atoms with van der Waals surface area (Å²) in [6.45, 7) is 0.760. The number of aromatic nitrogens is 1. The zero-order valence-electron chi connectivity index (χ0n) is 12.2. The Hall–Kier alpha value is -2.13. The summed E-state index contributed by atoms with van der Waals surface area (Å²) in [6.07, 6.45) is 1.96. The van der Waals surface area contributed by atoms with Gasteiger partial charge in [-0.2, -0.15) is 0 Å². The number of benzene rings is 2. The highest BCUT2D eigenvalue weighted by molar-refractivity contribution is 6.31. The zero-order chi connectivity index (χ0) is 14.8. The SMILES string of the molecule is CN(C)c1ccc(Cl)cc1NCc1ccc2cc[nH]c2c1. The van der Waals surface area contributed by atoms with Crippen molar-refractivity contribution in [1.29, 1.82) is 0 Å². The molecule has 1 heterocycles. The molecule has 0 bridgehead atoms. The number of rotatable bonds is 4. The summed E-state index contributed by atoms with van der Waals surface area (Å²) >= 11 is 6.10. The molecule has 2 N–H and O–H groups in total. The second-order valence-electron chi connectivity index (χ2n) is 5.31. The lowest BCUT2D eigenvalue weighted by Crippen LogP contribution is -2.12. The van der Waals surface area contributed by atoms with Gasteiger partial charge in [-0.25, -0.2) is 0 Å². The van der Waals surface area contributed by atoms with Crippen molar-refractivity contribution < 1.29 is 0 Å². The molecule has 0 atom stereocenters. The fraction of sp³-hybridized carbons (Fsp3) is 0.176. The molecule has 0 saturated heterocycles. The molecular formula is C17H18ClN3. The number of nitrogens with zero attached hydrogens (tertiary/aromatic N) is 1. The lowest BCUT2D eigenvalue weighted by atomic mass is 10.1. The van der Waals surface area contributed by atoms with Crippen LogP contribution >= 0.6 is 11.6 Å². The highest BCUT2D eigenvalue weighted by atomic mass is 35.5. The number of aromatic amines is 1. The van der Waals surface area contributed by atoms with Gasteiger partial charge in [-0.1, -0.05) is 23.7 Å². The minimum Gasteiger partial charge on any atom is -0.379 e. The average Bonchev–Trinajstić information content (AvgIpc) is 2.92. The predicted molar refractivity (Wildman–Crippen MR) is 91.4 cm³/mol. The standard InChI is InChI=1S/C17H18ClN3/c1-21(2)17-6-5-14(18)10-16(17)20-11-12-3-4-13-7-8-19-15(13)9-12/h3-10,19-20H,11H2,1-2H3. The number of nitrogens with one attached hydrogen (secondary N) is 2. The fourth-order valence-corrected chi connectivity index (χ4v) is 2.61. The molecule has 0 radical (unpaired) electrons. The minimum absolute atomic E-state index is 0.739. The van der Waals surface area contributed by atoms with E-state index < -0.39 is 0 Å². The first-order chi connectivity index (χ1) is 10.1. The highest BCUT2D eigenvalue weighted by Gasteiger charge is 2.05. The molecule has 21 heavy (non-hydrogen) atoms. The summed E-state index contributed by atoms with van der Waals surface area (Å²) in [5.74, 6) is 0. The molecule has 0 aliphatic rings. The first-order valence-corrected chi connectivity index (χ1v) is 7.28. The van der Waals surface area contributed by atoms with E-state index in [9.17, 15) is 0 Å². The zero-order valence-corrected chi connectivity index (χ0v) is 12.9. The molecule has 1 aromatic heterocycles. The van der Waals surface area contributed by atoms with Gasteiger partial charge in [0.1, 0.15) is 0 Å². The van der Waals surface area contributed by atoms with Gasteiger partial charge < -0.3 is 15.2 Å². The molecule has 3 rings (SSSR count). The van der Waals surface area contributed by atoms with E-state index in [1.165, 1.54) is 10.9 Å². The van der Waals surface area contributed by atoms with Gasteiger partial charge in [0.05, 0.1) is 11.4 Å². The maximum Gasteiger partial charge on any atom is 0.0597 e. The number of fused-ring (bicyclic) bond motifs is 1. The van der Waals surface area contributed by atoms with Gasteiger partial charge in [0.2, 0.25) is 0 Å². The smallest absolute Gasteiger partial charge is 0.0597 e. The van der Waals surface area contributed by atoms with E-state index in [2.05, 4.69) is 39.5 Å². The quantitative estimate of drug-likeness (QED) is 0.743. The maximum atomic E-state index is 6.10. The second-order valence-corrected chi connectivity index (χ2v) is 5.75. The van der Waals surface area contributed by atoms with Crippen LogP contribution in [0.15, 0.2) is 48.7 Å². The van der Waals surface area contributed by atoms with Gasteiger partial charge in [-0.05, 0) is 41.3 Å². The van der Waals surface area contributed by atoms with Crippen molar-refractivity contribution in [3.8, 4) is 0 Å². The number of hydrogen-bond acceptors (Lipinski definition) is 2. The number of anilines is 2. The summed E-state index contributed by atoms with van der Waals surface area (Å²) in [5, 5.41) is 5.44. The van der Waals surface area contributed by atoms with Crippen LogP contribution in [0.4, 0.5) is 11.4 Å². The van der Waals surface area contributed by atoms with Crippen molar-refractivity contribution in [2.24, 2.45) is 0 Å². The Morgan fingerprint density at radius 2 is 1.95 bits per heavy atom. The molecule has 0 fully saturated rings. The third kappa shape index (κ3) is 2.98. The normalized spacial score (nSPS) is 10.8. The Morgan fingerprint density at radius 3 is 2.76 bits per heavy atom. The van der Waals surface area contributed by atoms with E-state index in [4.69, 9.17) is 11.6 Å². The van der Waals surface area contributed by atoms with Crippen LogP contribution in [0.2, 0.25) is 5.02 Å². The first kappa shape index (κ1) is 13.8. The van der Waals surface area contributed by atoms with Crippen LogP contribution in [0.3, 0.4) is 0 Å². The summed E-state index contributed by atoms with van der Waals surface area (Å²) in [6, 6.07) is 14.4.